The van der Waals surface area contributed by atoms with Crippen molar-refractivity contribution in [1.82, 2.24) is 9.80 Å². The van der Waals surface area contributed by atoms with E-state index in [1.807, 2.05) is 52.3 Å². The second kappa shape index (κ2) is 7.46. The predicted octanol–water partition coefficient (Wildman–Crippen LogP) is 3.24. The van der Waals surface area contributed by atoms with E-state index in [2.05, 4.69) is 11.4 Å². The summed E-state index contributed by atoms with van der Waals surface area (Å²) in [5.74, 6) is 0.837. The van der Waals surface area contributed by atoms with E-state index in [0.29, 0.717) is 32.1 Å². The summed E-state index contributed by atoms with van der Waals surface area (Å²) >= 11 is 1.74. The van der Waals surface area contributed by atoms with E-state index in [4.69, 9.17) is 0 Å². The number of nitrogens with zero attached hydrogens (tertiary/aromatic N) is 2. The van der Waals surface area contributed by atoms with Crippen LogP contribution in [0.5, 0.6) is 0 Å². The first kappa shape index (κ1) is 17.0. The third-order valence-electron chi connectivity index (χ3n) is 5.14. The van der Waals surface area contributed by atoms with Crippen molar-refractivity contribution in [2.24, 2.45) is 5.92 Å². The topological polar surface area (TPSA) is 40.6 Å². The van der Waals surface area contributed by atoms with Crippen molar-refractivity contribution in [3.05, 3.63) is 64.4 Å². The molecule has 0 bridgehead atoms. The van der Waals surface area contributed by atoms with Crippen molar-refractivity contribution in [3.63, 3.8) is 0 Å². The van der Waals surface area contributed by atoms with Crippen LogP contribution in [0.3, 0.4) is 0 Å². The number of carbonyl (C=O) groups is 2. The van der Waals surface area contributed by atoms with E-state index < -0.39 is 0 Å². The van der Waals surface area contributed by atoms with Gasteiger partial charge in [-0.1, -0.05) is 36.4 Å². The van der Waals surface area contributed by atoms with Gasteiger partial charge in [0.05, 0.1) is 0 Å². The van der Waals surface area contributed by atoms with Gasteiger partial charge in [0.1, 0.15) is 0 Å². The molecule has 1 aromatic carbocycles. The Morgan fingerprint density at radius 3 is 2.38 bits per heavy atom. The van der Waals surface area contributed by atoms with Gasteiger partial charge in [0, 0.05) is 49.0 Å². The molecule has 134 valence electrons. The van der Waals surface area contributed by atoms with E-state index in [0.717, 1.165) is 12.0 Å². The number of benzene rings is 1. The summed E-state index contributed by atoms with van der Waals surface area (Å²) in [5.41, 5.74) is 1.02. The quantitative estimate of drug-likeness (QED) is 0.780. The summed E-state index contributed by atoms with van der Waals surface area (Å²) in [6, 6.07) is 14.0. The molecule has 2 atom stereocenters. The lowest BCUT2D eigenvalue weighted by atomic mass is 10.2. The highest BCUT2D eigenvalue weighted by atomic mass is 32.1. The molecule has 5 heteroatoms. The summed E-state index contributed by atoms with van der Waals surface area (Å²) in [6.07, 6.45) is 4.44. The normalized spacial score (nSPS) is 22.6. The number of hydrogen-bond acceptors (Lipinski definition) is 3. The van der Waals surface area contributed by atoms with Gasteiger partial charge < -0.3 is 9.80 Å². The summed E-state index contributed by atoms with van der Waals surface area (Å²) in [4.78, 5) is 30.1. The lowest BCUT2D eigenvalue weighted by Crippen LogP contribution is -2.50. The first-order valence-corrected chi connectivity index (χ1v) is 9.94. The second-order valence-corrected chi connectivity index (χ2v) is 7.84. The second-order valence-electron chi connectivity index (χ2n) is 6.86. The fraction of sp³-hybridized carbons (Fsp3) is 0.333. The lowest BCUT2D eigenvalue weighted by Gasteiger charge is -2.34. The van der Waals surface area contributed by atoms with Crippen LogP contribution in [0.15, 0.2) is 53.9 Å². The van der Waals surface area contributed by atoms with Crippen LogP contribution >= 0.6 is 11.3 Å². The maximum Gasteiger partial charge on any atom is 0.246 e. The third kappa shape index (κ3) is 3.73. The van der Waals surface area contributed by atoms with Crippen molar-refractivity contribution in [1.29, 1.82) is 0 Å². The Kier molecular flexibility index (Phi) is 4.89. The molecule has 1 saturated heterocycles. The molecule has 4 nitrogen and oxygen atoms in total. The van der Waals surface area contributed by atoms with Crippen molar-refractivity contribution >= 4 is 29.2 Å². The number of hydrogen-bond donors (Lipinski definition) is 0. The molecule has 4 rings (SSSR count). The van der Waals surface area contributed by atoms with E-state index in [1.165, 1.54) is 4.88 Å². The zero-order valence-electron chi connectivity index (χ0n) is 14.6. The highest BCUT2D eigenvalue weighted by Gasteiger charge is 2.46. The summed E-state index contributed by atoms with van der Waals surface area (Å²) in [5, 5.41) is 2.07. The van der Waals surface area contributed by atoms with E-state index in [9.17, 15) is 9.59 Å². The predicted molar refractivity (Wildman–Crippen MR) is 104 cm³/mol. The van der Waals surface area contributed by atoms with Gasteiger partial charge in [-0.05, 0) is 29.5 Å². The van der Waals surface area contributed by atoms with Crippen LogP contribution in [-0.2, 0) is 9.59 Å². The van der Waals surface area contributed by atoms with Gasteiger partial charge in [-0.2, -0.15) is 0 Å². The van der Waals surface area contributed by atoms with Gasteiger partial charge in [0.25, 0.3) is 0 Å². The number of thiophene rings is 1. The first-order chi connectivity index (χ1) is 12.7. The average Bonchev–Trinajstić information content (AvgIpc) is 3.31. The SMILES string of the molecule is O=C(/C=C/c1ccccc1)N1CCN(C(=O)[C@H]2C[C@H]2c2cccs2)CC1. The van der Waals surface area contributed by atoms with Gasteiger partial charge in [0.15, 0.2) is 0 Å². The van der Waals surface area contributed by atoms with Gasteiger partial charge in [-0.15, -0.1) is 11.3 Å². The molecule has 0 radical (unpaired) electrons. The van der Waals surface area contributed by atoms with E-state index in [-0.39, 0.29) is 17.7 Å². The molecule has 0 N–H and O–H groups in total. The Hall–Kier alpha value is -2.40. The van der Waals surface area contributed by atoms with E-state index in [1.54, 1.807) is 17.4 Å². The van der Waals surface area contributed by atoms with Crippen molar-refractivity contribution in [2.75, 3.05) is 26.2 Å². The first-order valence-electron chi connectivity index (χ1n) is 9.06. The molecule has 2 fully saturated rings. The molecule has 2 amide bonds. The van der Waals surface area contributed by atoms with Crippen LogP contribution in [-0.4, -0.2) is 47.8 Å². The lowest BCUT2D eigenvalue weighted by molar-refractivity contribution is -0.138. The molecule has 2 heterocycles. The number of carbonyl (C=O) groups excluding carboxylic acids is 2. The zero-order valence-corrected chi connectivity index (χ0v) is 15.4. The van der Waals surface area contributed by atoms with Crippen LogP contribution in [0.1, 0.15) is 22.8 Å². The van der Waals surface area contributed by atoms with Gasteiger partial charge in [-0.25, -0.2) is 0 Å². The number of amides is 2. The van der Waals surface area contributed by atoms with Gasteiger partial charge >= 0.3 is 0 Å². The molecule has 0 unspecified atom stereocenters. The standard InChI is InChI=1S/C21H22N2O2S/c24-20(9-8-16-5-2-1-3-6-16)22-10-12-23(13-11-22)21(25)18-15-17(18)19-7-4-14-26-19/h1-9,14,17-18H,10-13,15H2/b9-8+/t17-,18+/m1/s1. The average molecular weight is 366 g/mol. The minimum absolute atomic E-state index is 0.0174. The van der Waals surface area contributed by atoms with Gasteiger partial charge in [-0.3, -0.25) is 9.59 Å². The summed E-state index contributed by atoms with van der Waals surface area (Å²) in [7, 11) is 0. The van der Waals surface area contributed by atoms with Crippen LogP contribution < -0.4 is 0 Å². The van der Waals surface area contributed by atoms with Crippen molar-refractivity contribution in [2.45, 2.75) is 12.3 Å². The molecule has 1 aliphatic carbocycles. The summed E-state index contributed by atoms with van der Waals surface area (Å²) < 4.78 is 0. The summed E-state index contributed by atoms with van der Waals surface area (Å²) in [6.45, 7) is 2.50. The molecular formula is C21H22N2O2S. The molecule has 1 aromatic heterocycles. The minimum atomic E-state index is 0.0174. The molecule has 1 saturated carbocycles. The fourth-order valence-electron chi connectivity index (χ4n) is 3.50. The minimum Gasteiger partial charge on any atom is -0.339 e. The zero-order chi connectivity index (χ0) is 17.9. The van der Waals surface area contributed by atoms with Crippen LogP contribution in [0.25, 0.3) is 6.08 Å². The Morgan fingerprint density at radius 2 is 1.69 bits per heavy atom. The largest absolute Gasteiger partial charge is 0.339 e. The Morgan fingerprint density at radius 1 is 0.962 bits per heavy atom. The molecule has 2 aliphatic rings. The number of rotatable bonds is 4. The third-order valence-corrected chi connectivity index (χ3v) is 6.14. The molecule has 26 heavy (non-hydrogen) atoms. The maximum atomic E-state index is 12.7. The van der Waals surface area contributed by atoms with Crippen LogP contribution in [0.4, 0.5) is 0 Å². The highest BCUT2D eigenvalue weighted by Crippen LogP contribution is 2.50. The Bertz CT molecular complexity index is 793. The molecule has 1 aliphatic heterocycles. The molecule has 2 aromatic rings. The van der Waals surface area contributed by atoms with Crippen molar-refractivity contribution < 1.29 is 9.59 Å². The van der Waals surface area contributed by atoms with Crippen LogP contribution in [0, 0.1) is 5.92 Å². The highest BCUT2D eigenvalue weighted by molar-refractivity contribution is 7.10. The number of piperazine rings is 1. The Labute approximate surface area is 157 Å². The molecular weight excluding hydrogens is 344 g/mol. The van der Waals surface area contributed by atoms with Gasteiger partial charge in [0.2, 0.25) is 11.8 Å². The monoisotopic (exact) mass is 366 g/mol. The fourth-order valence-corrected chi connectivity index (χ4v) is 4.41. The Balaban J connectivity index is 1.27. The molecule has 0 spiro atoms. The van der Waals surface area contributed by atoms with Crippen molar-refractivity contribution in [3.8, 4) is 0 Å². The maximum absolute atomic E-state index is 12.7. The van der Waals surface area contributed by atoms with E-state index >= 15 is 0 Å². The van der Waals surface area contributed by atoms with Crippen LogP contribution in [0.2, 0.25) is 0 Å². The smallest absolute Gasteiger partial charge is 0.246 e.